The van der Waals surface area contributed by atoms with Crippen molar-refractivity contribution in [1.82, 2.24) is 9.62 Å². The van der Waals surface area contributed by atoms with Crippen LogP contribution in [0.25, 0.3) is 0 Å². The Balaban J connectivity index is 1.95. The lowest BCUT2D eigenvalue weighted by Crippen LogP contribution is -2.25. The minimum atomic E-state index is -3.27. The maximum Gasteiger partial charge on any atom is 0.252 e. The van der Waals surface area contributed by atoms with E-state index in [0.29, 0.717) is 16.8 Å². The minimum absolute atomic E-state index is 0.452. The molecular formula is C12H20N2O2S2. The maximum atomic E-state index is 12.1. The van der Waals surface area contributed by atoms with Crippen molar-refractivity contribution in [3.63, 3.8) is 0 Å². The van der Waals surface area contributed by atoms with Gasteiger partial charge in [-0.2, -0.15) is 0 Å². The van der Waals surface area contributed by atoms with Crippen molar-refractivity contribution in [3.05, 3.63) is 17.0 Å². The Bertz CT molecular complexity index is 492. The lowest BCUT2D eigenvalue weighted by molar-refractivity contribution is 0.488. The summed E-state index contributed by atoms with van der Waals surface area (Å²) in [6.07, 6.45) is 3.48. The first kappa shape index (κ1) is 14.0. The normalized spacial score (nSPS) is 16.4. The zero-order valence-corrected chi connectivity index (χ0v) is 12.5. The Hall–Kier alpha value is -0.430. The number of hydrogen-bond acceptors (Lipinski definition) is 4. The van der Waals surface area contributed by atoms with E-state index in [1.807, 2.05) is 13.0 Å². The Kier molecular flexibility index (Phi) is 4.42. The fourth-order valence-electron chi connectivity index (χ4n) is 1.64. The summed E-state index contributed by atoms with van der Waals surface area (Å²) >= 11 is 1.39. The third kappa shape index (κ3) is 3.32. The van der Waals surface area contributed by atoms with Crippen LogP contribution in [-0.2, 0) is 16.4 Å². The van der Waals surface area contributed by atoms with E-state index in [-0.39, 0.29) is 0 Å². The van der Waals surface area contributed by atoms with E-state index < -0.39 is 10.0 Å². The van der Waals surface area contributed by atoms with Gasteiger partial charge in [0.1, 0.15) is 4.21 Å². The van der Waals surface area contributed by atoms with Gasteiger partial charge >= 0.3 is 0 Å². The van der Waals surface area contributed by atoms with Gasteiger partial charge in [-0.05, 0) is 31.4 Å². The molecule has 2 rings (SSSR count). The second-order valence-electron chi connectivity index (χ2n) is 4.62. The quantitative estimate of drug-likeness (QED) is 0.830. The summed E-state index contributed by atoms with van der Waals surface area (Å²) in [6, 6.07) is 4.35. The molecule has 0 bridgehead atoms. The molecule has 1 fully saturated rings. The number of sulfonamides is 1. The lowest BCUT2D eigenvalue weighted by Gasteiger charge is -2.12. The second-order valence-corrected chi connectivity index (χ2v) is 8.06. The highest BCUT2D eigenvalue weighted by atomic mass is 32.2. The van der Waals surface area contributed by atoms with Gasteiger partial charge in [-0.15, -0.1) is 11.3 Å². The molecule has 1 heterocycles. The first-order valence-corrected chi connectivity index (χ1v) is 8.58. The van der Waals surface area contributed by atoms with Crippen molar-refractivity contribution in [2.75, 3.05) is 20.1 Å². The Labute approximate surface area is 113 Å². The van der Waals surface area contributed by atoms with Crippen LogP contribution in [0.5, 0.6) is 0 Å². The highest BCUT2D eigenvalue weighted by Gasteiger charge is 2.22. The number of nitrogens with one attached hydrogen (secondary N) is 1. The summed E-state index contributed by atoms with van der Waals surface area (Å²) in [5.41, 5.74) is 0. The molecule has 0 aromatic carbocycles. The van der Waals surface area contributed by atoms with Crippen LogP contribution >= 0.6 is 11.3 Å². The number of rotatable bonds is 7. The molecule has 1 N–H and O–H groups in total. The van der Waals surface area contributed by atoms with Gasteiger partial charge < -0.3 is 5.32 Å². The molecule has 0 spiro atoms. The molecule has 0 unspecified atom stereocenters. The molecule has 18 heavy (non-hydrogen) atoms. The highest BCUT2D eigenvalue weighted by molar-refractivity contribution is 7.91. The SMILES string of the molecule is CCN(C)S(=O)(=O)c1ccc(CCNC2CC2)s1. The molecule has 1 aromatic rings. The molecule has 1 aliphatic rings. The molecular weight excluding hydrogens is 268 g/mol. The third-order valence-corrected chi connectivity index (χ3v) is 6.67. The number of nitrogens with zero attached hydrogens (tertiary/aromatic N) is 1. The summed E-state index contributed by atoms with van der Waals surface area (Å²) in [5, 5.41) is 3.43. The van der Waals surface area contributed by atoms with Crippen LogP contribution in [0.1, 0.15) is 24.6 Å². The highest BCUT2D eigenvalue weighted by Crippen LogP contribution is 2.25. The Morgan fingerprint density at radius 1 is 1.44 bits per heavy atom. The van der Waals surface area contributed by atoms with Crippen LogP contribution in [0, 0.1) is 0 Å². The van der Waals surface area contributed by atoms with E-state index in [2.05, 4.69) is 5.32 Å². The first-order chi connectivity index (χ1) is 8.54. The van der Waals surface area contributed by atoms with Gasteiger partial charge in [0.05, 0.1) is 0 Å². The van der Waals surface area contributed by atoms with Crippen LogP contribution in [0.15, 0.2) is 16.3 Å². The number of hydrogen-bond donors (Lipinski definition) is 1. The topological polar surface area (TPSA) is 49.4 Å². The molecule has 4 nitrogen and oxygen atoms in total. The predicted octanol–water partition coefficient (Wildman–Crippen LogP) is 1.68. The molecule has 102 valence electrons. The van der Waals surface area contributed by atoms with Gasteiger partial charge in [-0.1, -0.05) is 6.92 Å². The van der Waals surface area contributed by atoms with Crippen molar-refractivity contribution in [1.29, 1.82) is 0 Å². The van der Waals surface area contributed by atoms with Gasteiger partial charge in [-0.25, -0.2) is 12.7 Å². The molecule has 1 aromatic heterocycles. The van der Waals surface area contributed by atoms with Crippen LogP contribution in [-0.4, -0.2) is 38.9 Å². The van der Waals surface area contributed by atoms with E-state index in [4.69, 9.17) is 0 Å². The summed E-state index contributed by atoms with van der Waals surface area (Å²) in [4.78, 5) is 1.13. The molecule has 1 saturated carbocycles. The van der Waals surface area contributed by atoms with Crippen molar-refractivity contribution >= 4 is 21.4 Å². The average Bonchev–Trinajstić information content (AvgIpc) is 3.04. The molecule has 0 aliphatic heterocycles. The molecule has 0 saturated heterocycles. The maximum absolute atomic E-state index is 12.1. The van der Waals surface area contributed by atoms with Gasteiger partial charge in [0.2, 0.25) is 0 Å². The van der Waals surface area contributed by atoms with Gasteiger partial charge in [0.25, 0.3) is 10.0 Å². The Morgan fingerprint density at radius 2 is 2.17 bits per heavy atom. The molecule has 0 atom stereocenters. The van der Waals surface area contributed by atoms with Crippen molar-refractivity contribution in [3.8, 4) is 0 Å². The summed E-state index contributed by atoms with van der Waals surface area (Å²) < 4.78 is 26.0. The van der Waals surface area contributed by atoms with Gasteiger partial charge in [0.15, 0.2) is 0 Å². The van der Waals surface area contributed by atoms with Crippen LogP contribution < -0.4 is 5.32 Å². The third-order valence-electron chi connectivity index (χ3n) is 3.13. The van der Waals surface area contributed by atoms with E-state index in [0.717, 1.165) is 17.8 Å². The number of thiophene rings is 1. The minimum Gasteiger partial charge on any atom is -0.314 e. The fraction of sp³-hybridized carbons (Fsp3) is 0.667. The monoisotopic (exact) mass is 288 g/mol. The molecule has 6 heteroatoms. The summed E-state index contributed by atoms with van der Waals surface area (Å²) in [5.74, 6) is 0. The van der Waals surface area contributed by atoms with Crippen LogP contribution in [0.2, 0.25) is 0 Å². The van der Waals surface area contributed by atoms with Crippen molar-refractivity contribution in [2.24, 2.45) is 0 Å². The zero-order chi connectivity index (χ0) is 13.2. The fourth-order valence-corrected chi connectivity index (χ4v) is 4.39. The Morgan fingerprint density at radius 3 is 2.78 bits per heavy atom. The summed E-state index contributed by atoms with van der Waals surface area (Å²) in [6.45, 7) is 3.28. The standard InChI is InChI=1S/C12H20N2O2S2/c1-3-14(2)18(15,16)12-7-6-11(17-12)8-9-13-10-4-5-10/h6-7,10,13H,3-5,8-9H2,1-2H3. The smallest absolute Gasteiger partial charge is 0.252 e. The van der Waals surface area contributed by atoms with Gasteiger partial charge in [0, 0.05) is 31.1 Å². The van der Waals surface area contributed by atoms with Crippen LogP contribution in [0.4, 0.5) is 0 Å². The van der Waals surface area contributed by atoms with Gasteiger partial charge in [-0.3, -0.25) is 0 Å². The largest absolute Gasteiger partial charge is 0.314 e. The van der Waals surface area contributed by atoms with Crippen molar-refractivity contribution in [2.45, 2.75) is 36.4 Å². The van der Waals surface area contributed by atoms with E-state index in [1.165, 1.54) is 28.5 Å². The second kappa shape index (κ2) is 5.69. The molecule has 0 amide bonds. The molecule has 0 radical (unpaired) electrons. The van der Waals surface area contributed by atoms with E-state index in [1.54, 1.807) is 13.1 Å². The van der Waals surface area contributed by atoms with E-state index >= 15 is 0 Å². The van der Waals surface area contributed by atoms with Crippen molar-refractivity contribution < 1.29 is 8.42 Å². The zero-order valence-electron chi connectivity index (χ0n) is 10.8. The van der Waals surface area contributed by atoms with Crippen LogP contribution in [0.3, 0.4) is 0 Å². The first-order valence-electron chi connectivity index (χ1n) is 6.32. The lowest BCUT2D eigenvalue weighted by atomic mass is 10.3. The summed E-state index contributed by atoms with van der Waals surface area (Å²) in [7, 11) is -1.65. The average molecular weight is 288 g/mol. The molecule has 1 aliphatic carbocycles. The van der Waals surface area contributed by atoms with E-state index in [9.17, 15) is 8.42 Å². The predicted molar refractivity (Wildman–Crippen MR) is 74.5 cm³/mol.